The molecule has 0 bridgehead atoms. The number of aryl methyl sites for hydroxylation is 2. The average molecular weight is 612 g/mol. The summed E-state index contributed by atoms with van der Waals surface area (Å²) in [6.45, 7) is 5.05. The molecule has 10 heteroatoms. The smallest absolute Gasteiger partial charge is 0.264 e. The zero-order valence-corrected chi connectivity index (χ0v) is 26.0. The van der Waals surface area contributed by atoms with Gasteiger partial charge in [0.1, 0.15) is 18.3 Å². The minimum Gasteiger partial charge on any atom is -0.495 e. The molecule has 1 unspecified atom stereocenters. The maximum absolute atomic E-state index is 14.2. The largest absolute Gasteiger partial charge is 0.495 e. The topological polar surface area (TPSA) is 96.0 Å². The van der Waals surface area contributed by atoms with Crippen LogP contribution in [-0.2, 0) is 26.2 Å². The summed E-state index contributed by atoms with van der Waals surface area (Å²) in [5.41, 5.74) is 2.85. The fraction of sp³-hybridized carbons (Fsp3) is 0.375. The van der Waals surface area contributed by atoms with Gasteiger partial charge in [0.2, 0.25) is 11.8 Å². The van der Waals surface area contributed by atoms with Crippen molar-refractivity contribution >= 4 is 39.1 Å². The van der Waals surface area contributed by atoms with Crippen molar-refractivity contribution in [3.05, 3.63) is 88.4 Å². The van der Waals surface area contributed by atoms with Crippen LogP contribution in [0.2, 0.25) is 5.02 Å². The molecule has 1 N–H and O–H groups in total. The molecule has 3 aromatic rings. The van der Waals surface area contributed by atoms with E-state index in [0.29, 0.717) is 0 Å². The van der Waals surface area contributed by atoms with Crippen LogP contribution >= 0.6 is 11.6 Å². The molecule has 42 heavy (non-hydrogen) atoms. The van der Waals surface area contributed by atoms with Gasteiger partial charge in [0.15, 0.2) is 0 Å². The first kappa shape index (κ1) is 31.4. The molecule has 3 aromatic carbocycles. The van der Waals surface area contributed by atoms with Crippen molar-refractivity contribution in [1.29, 1.82) is 0 Å². The van der Waals surface area contributed by atoms with E-state index < -0.39 is 28.5 Å². The maximum Gasteiger partial charge on any atom is 0.264 e. The van der Waals surface area contributed by atoms with Crippen LogP contribution in [0.25, 0.3) is 0 Å². The summed E-state index contributed by atoms with van der Waals surface area (Å²) in [4.78, 5) is 29.0. The second kappa shape index (κ2) is 13.6. The van der Waals surface area contributed by atoms with E-state index >= 15 is 0 Å². The Balaban J connectivity index is 1.74. The summed E-state index contributed by atoms with van der Waals surface area (Å²) in [6, 6.07) is 17.9. The second-order valence-corrected chi connectivity index (χ2v) is 13.1. The fourth-order valence-corrected chi connectivity index (χ4v) is 6.77. The predicted molar refractivity (Wildman–Crippen MR) is 165 cm³/mol. The Labute approximate surface area is 253 Å². The third-order valence-corrected chi connectivity index (χ3v) is 9.61. The Hall–Kier alpha value is -3.56. The minimum atomic E-state index is -4.25. The van der Waals surface area contributed by atoms with E-state index in [-0.39, 0.29) is 39.8 Å². The molecule has 4 rings (SSSR count). The average Bonchev–Trinajstić information content (AvgIpc) is 3.47. The molecule has 1 atom stereocenters. The standard InChI is InChI=1S/C32H38ClN3O5S/c1-22-12-15-28(16-13-22)42(39,40)36(29-19-26(33)14-17-30(29)41-4)21-31(37)35(20-25-9-7-8-23(2)18-25)24(3)32(38)34-27-10-5-6-11-27/h7-9,12-19,24,27H,5-6,10-11,20-21H2,1-4H3,(H,34,38). The predicted octanol–water partition coefficient (Wildman–Crippen LogP) is 5.64. The highest BCUT2D eigenvalue weighted by molar-refractivity contribution is 7.92. The van der Waals surface area contributed by atoms with E-state index in [2.05, 4.69) is 5.32 Å². The van der Waals surface area contributed by atoms with Gasteiger partial charge in [-0.25, -0.2) is 8.42 Å². The van der Waals surface area contributed by atoms with Gasteiger partial charge in [-0.05, 0) is 69.5 Å². The van der Waals surface area contributed by atoms with Gasteiger partial charge in [0.05, 0.1) is 17.7 Å². The third kappa shape index (κ3) is 7.44. The van der Waals surface area contributed by atoms with E-state index in [9.17, 15) is 18.0 Å². The van der Waals surface area contributed by atoms with Gasteiger partial charge in [-0.2, -0.15) is 0 Å². The number of hydrogen-bond acceptors (Lipinski definition) is 5. The Morgan fingerprint density at radius 2 is 1.69 bits per heavy atom. The normalized spacial score (nSPS) is 14.3. The van der Waals surface area contributed by atoms with E-state index in [1.54, 1.807) is 31.2 Å². The Kier molecular flexibility index (Phi) is 10.2. The van der Waals surface area contributed by atoms with E-state index in [0.717, 1.165) is 46.7 Å². The van der Waals surface area contributed by atoms with Crippen molar-refractivity contribution < 1.29 is 22.7 Å². The molecule has 1 saturated carbocycles. The van der Waals surface area contributed by atoms with Crippen molar-refractivity contribution in [3.8, 4) is 5.75 Å². The number of nitrogens with zero attached hydrogens (tertiary/aromatic N) is 2. The molecule has 8 nitrogen and oxygen atoms in total. The minimum absolute atomic E-state index is 0.0141. The van der Waals surface area contributed by atoms with Crippen molar-refractivity contribution in [3.63, 3.8) is 0 Å². The van der Waals surface area contributed by atoms with Crippen LogP contribution in [0, 0.1) is 13.8 Å². The van der Waals surface area contributed by atoms with Crippen LogP contribution < -0.4 is 14.4 Å². The number of carbonyl (C=O) groups is 2. The van der Waals surface area contributed by atoms with Crippen molar-refractivity contribution in [2.75, 3.05) is 18.0 Å². The number of benzene rings is 3. The Morgan fingerprint density at radius 3 is 2.33 bits per heavy atom. The van der Waals surface area contributed by atoms with Gasteiger partial charge in [-0.15, -0.1) is 0 Å². The molecular weight excluding hydrogens is 574 g/mol. The number of amides is 2. The summed E-state index contributed by atoms with van der Waals surface area (Å²) >= 11 is 6.30. The first-order chi connectivity index (χ1) is 20.0. The van der Waals surface area contributed by atoms with Gasteiger partial charge in [0, 0.05) is 17.6 Å². The number of methoxy groups -OCH3 is 1. The molecule has 0 spiro atoms. The highest BCUT2D eigenvalue weighted by atomic mass is 35.5. The summed E-state index contributed by atoms with van der Waals surface area (Å²) in [6.07, 6.45) is 3.92. The zero-order valence-electron chi connectivity index (χ0n) is 24.5. The van der Waals surface area contributed by atoms with Gasteiger partial charge in [-0.3, -0.25) is 13.9 Å². The number of ether oxygens (including phenoxy) is 1. The summed E-state index contributed by atoms with van der Waals surface area (Å²) in [5.74, 6) is -0.570. The van der Waals surface area contributed by atoms with Crippen molar-refractivity contribution in [1.82, 2.24) is 10.2 Å². The van der Waals surface area contributed by atoms with Crippen LogP contribution in [0.4, 0.5) is 5.69 Å². The monoisotopic (exact) mass is 611 g/mol. The third-order valence-electron chi connectivity index (χ3n) is 7.60. The molecule has 2 amide bonds. The van der Waals surface area contributed by atoms with Gasteiger partial charge >= 0.3 is 0 Å². The van der Waals surface area contributed by atoms with E-state index in [1.807, 2.05) is 38.1 Å². The summed E-state index contributed by atoms with van der Waals surface area (Å²) in [5, 5.41) is 3.36. The molecule has 1 fully saturated rings. The van der Waals surface area contributed by atoms with Crippen LogP contribution in [0.15, 0.2) is 71.6 Å². The number of sulfonamides is 1. The SMILES string of the molecule is COc1ccc(Cl)cc1N(CC(=O)N(Cc1cccc(C)c1)C(C)C(=O)NC1CCCC1)S(=O)(=O)c1ccc(C)cc1. The number of nitrogens with one attached hydrogen (secondary N) is 1. The van der Waals surface area contributed by atoms with E-state index in [1.165, 1.54) is 30.2 Å². The van der Waals surface area contributed by atoms with Crippen LogP contribution in [-0.4, -0.2) is 50.9 Å². The van der Waals surface area contributed by atoms with Crippen molar-refractivity contribution in [2.45, 2.75) is 70.0 Å². The second-order valence-electron chi connectivity index (χ2n) is 10.8. The molecule has 0 radical (unpaired) electrons. The first-order valence-corrected chi connectivity index (χ1v) is 15.9. The number of anilines is 1. The molecule has 0 heterocycles. The van der Waals surface area contributed by atoms with Crippen molar-refractivity contribution in [2.24, 2.45) is 0 Å². The molecule has 0 saturated heterocycles. The number of halogens is 1. The molecule has 0 aliphatic heterocycles. The number of hydrogen-bond donors (Lipinski definition) is 1. The van der Waals surface area contributed by atoms with Gasteiger partial charge in [-0.1, -0.05) is 72.0 Å². The fourth-order valence-electron chi connectivity index (χ4n) is 5.19. The lowest BCUT2D eigenvalue weighted by Crippen LogP contribution is -2.52. The maximum atomic E-state index is 14.2. The molecule has 0 aromatic heterocycles. The van der Waals surface area contributed by atoms with E-state index in [4.69, 9.17) is 16.3 Å². The number of rotatable bonds is 11. The highest BCUT2D eigenvalue weighted by Gasteiger charge is 2.34. The van der Waals surface area contributed by atoms with Gasteiger partial charge < -0.3 is 15.0 Å². The first-order valence-electron chi connectivity index (χ1n) is 14.1. The Morgan fingerprint density at radius 1 is 1.00 bits per heavy atom. The lowest BCUT2D eigenvalue weighted by molar-refractivity contribution is -0.139. The quantitative estimate of drug-likeness (QED) is 0.303. The lowest BCUT2D eigenvalue weighted by atomic mass is 10.1. The summed E-state index contributed by atoms with van der Waals surface area (Å²) in [7, 11) is -2.83. The van der Waals surface area contributed by atoms with Crippen LogP contribution in [0.1, 0.15) is 49.3 Å². The van der Waals surface area contributed by atoms with Crippen LogP contribution in [0.3, 0.4) is 0 Å². The molecular formula is C32H38ClN3O5S. The zero-order chi connectivity index (χ0) is 30.4. The lowest BCUT2D eigenvalue weighted by Gasteiger charge is -2.33. The molecule has 1 aliphatic carbocycles. The molecule has 224 valence electrons. The number of carbonyl (C=O) groups excluding carboxylic acids is 2. The van der Waals surface area contributed by atoms with Gasteiger partial charge in [0.25, 0.3) is 10.0 Å². The van der Waals surface area contributed by atoms with Crippen LogP contribution in [0.5, 0.6) is 5.75 Å². The Bertz CT molecular complexity index is 1520. The summed E-state index contributed by atoms with van der Waals surface area (Å²) < 4.78 is 34.7. The highest BCUT2D eigenvalue weighted by Crippen LogP contribution is 2.35. The molecule has 1 aliphatic rings.